The van der Waals surface area contributed by atoms with Crippen molar-refractivity contribution in [2.45, 2.75) is 50.9 Å². The van der Waals surface area contributed by atoms with Gasteiger partial charge in [0, 0.05) is 26.0 Å². The Hall–Kier alpha value is -2.36. The Morgan fingerprint density at radius 2 is 1.14 bits per heavy atom. The monoisotopic (exact) mass is 585 g/mol. The van der Waals surface area contributed by atoms with E-state index >= 15 is 0 Å². The first-order valence-corrected chi connectivity index (χ1v) is 14.2. The largest absolute Gasteiger partial charge is 0.310 e. The predicted molar refractivity (Wildman–Crippen MR) is 155 cm³/mol. The fraction of sp³-hybridized carbons (Fsp3) is 0.250. The molecule has 1 saturated carbocycles. The van der Waals surface area contributed by atoms with Crippen molar-refractivity contribution in [1.82, 2.24) is 0 Å². The summed E-state index contributed by atoms with van der Waals surface area (Å²) in [6, 6.07) is 31.3. The second-order valence-corrected chi connectivity index (χ2v) is 11.9. The number of halogens is 2. The molecule has 0 spiro atoms. The molecule has 4 aromatic carbocycles. The van der Waals surface area contributed by atoms with Gasteiger partial charge in [-0.25, -0.2) is 0 Å². The highest BCUT2D eigenvalue weighted by atomic mass is 79.9. The molecule has 1 fully saturated rings. The van der Waals surface area contributed by atoms with E-state index in [0.29, 0.717) is 0 Å². The molecule has 2 atom stereocenters. The minimum absolute atomic E-state index is 0.759. The molecule has 0 aromatic heterocycles. The van der Waals surface area contributed by atoms with E-state index in [2.05, 4.69) is 129 Å². The maximum atomic E-state index is 3.58. The highest BCUT2D eigenvalue weighted by molar-refractivity contribution is 9.10. The quantitative estimate of drug-likeness (QED) is 0.230. The molecule has 2 bridgehead atoms. The predicted octanol–water partition coefficient (Wildman–Crippen LogP) is 10.8. The van der Waals surface area contributed by atoms with Crippen LogP contribution in [0.25, 0.3) is 11.1 Å². The highest BCUT2D eigenvalue weighted by Crippen LogP contribution is 2.48. The molecule has 0 radical (unpaired) electrons. The van der Waals surface area contributed by atoms with Crippen molar-refractivity contribution in [3.63, 3.8) is 0 Å². The molecule has 0 aliphatic heterocycles. The van der Waals surface area contributed by atoms with Crippen molar-refractivity contribution in [2.24, 2.45) is 0 Å². The van der Waals surface area contributed by atoms with Crippen molar-refractivity contribution in [3.05, 3.63) is 111 Å². The lowest BCUT2D eigenvalue weighted by atomic mass is 9.77. The van der Waals surface area contributed by atoms with Gasteiger partial charge in [-0.2, -0.15) is 0 Å². The lowest BCUT2D eigenvalue weighted by Crippen LogP contribution is -2.11. The molecule has 3 aliphatic rings. The lowest BCUT2D eigenvalue weighted by Gasteiger charge is -2.29. The molecule has 1 nitrogen and oxygen atoms in total. The molecule has 0 heterocycles. The van der Waals surface area contributed by atoms with E-state index in [0.717, 1.165) is 32.2 Å². The summed E-state index contributed by atoms with van der Waals surface area (Å²) in [7, 11) is 0. The maximum Gasteiger partial charge on any atom is 0.0491 e. The zero-order valence-electron chi connectivity index (χ0n) is 20.0. The van der Waals surface area contributed by atoms with E-state index in [1.165, 1.54) is 54.5 Å². The fourth-order valence-electron chi connectivity index (χ4n) is 6.10. The van der Waals surface area contributed by atoms with Crippen LogP contribution >= 0.6 is 31.9 Å². The first-order valence-electron chi connectivity index (χ1n) is 12.6. The summed E-state index contributed by atoms with van der Waals surface area (Å²) in [4.78, 5) is 2.34. The summed E-state index contributed by atoms with van der Waals surface area (Å²) in [6.45, 7) is 2.23. The van der Waals surface area contributed by atoms with Crippen LogP contribution in [0.2, 0.25) is 0 Å². The molecule has 0 amide bonds. The minimum atomic E-state index is 0.759. The van der Waals surface area contributed by atoms with Crippen LogP contribution in [-0.2, 0) is 0 Å². The smallest absolute Gasteiger partial charge is 0.0491 e. The average molecular weight is 587 g/mol. The summed E-state index contributed by atoms with van der Waals surface area (Å²) in [6.07, 6.45) is 6.87. The molecule has 176 valence electrons. The number of hydrogen-bond donors (Lipinski definition) is 0. The minimum Gasteiger partial charge on any atom is -0.310 e. The van der Waals surface area contributed by atoms with Crippen LogP contribution in [0.5, 0.6) is 0 Å². The summed E-state index contributed by atoms with van der Waals surface area (Å²) >= 11 is 7.17. The molecule has 0 N–H and O–H groups in total. The van der Waals surface area contributed by atoms with Gasteiger partial charge in [-0.05, 0) is 133 Å². The number of fused-ring (bicyclic) bond motifs is 3. The molecular formula is C32H29Br2N. The van der Waals surface area contributed by atoms with E-state index in [9.17, 15) is 0 Å². The number of hydrogen-bond acceptors (Lipinski definition) is 1. The number of aryl methyl sites for hydroxylation is 1. The van der Waals surface area contributed by atoms with Crippen molar-refractivity contribution in [2.75, 3.05) is 4.90 Å². The Balaban J connectivity index is 1.40. The summed E-state index contributed by atoms with van der Waals surface area (Å²) in [5, 5.41) is 0. The zero-order chi connectivity index (χ0) is 23.9. The van der Waals surface area contributed by atoms with Crippen LogP contribution in [0.15, 0.2) is 93.9 Å². The highest BCUT2D eigenvalue weighted by Gasteiger charge is 2.30. The van der Waals surface area contributed by atoms with Gasteiger partial charge in [0.15, 0.2) is 0 Å². The van der Waals surface area contributed by atoms with Gasteiger partial charge in [-0.1, -0.05) is 62.5 Å². The van der Waals surface area contributed by atoms with E-state index in [4.69, 9.17) is 0 Å². The van der Waals surface area contributed by atoms with E-state index in [1.54, 1.807) is 11.1 Å². The third kappa shape index (κ3) is 4.49. The fourth-order valence-corrected chi connectivity index (χ4v) is 6.63. The Morgan fingerprint density at radius 1 is 0.600 bits per heavy atom. The van der Waals surface area contributed by atoms with E-state index < -0.39 is 0 Å². The van der Waals surface area contributed by atoms with Crippen LogP contribution in [0.4, 0.5) is 17.1 Å². The Bertz CT molecular complexity index is 1310. The maximum absolute atomic E-state index is 3.58. The normalized spacial score (nSPS) is 18.7. The summed E-state index contributed by atoms with van der Waals surface area (Å²) in [5.41, 5.74) is 10.7. The van der Waals surface area contributed by atoms with Gasteiger partial charge in [0.25, 0.3) is 0 Å². The molecule has 3 aliphatic carbocycles. The van der Waals surface area contributed by atoms with Crippen LogP contribution < -0.4 is 4.90 Å². The summed E-state index contributed by atoms with van der Waals surface area (Å²) in [5.74, 6) is 1.54. The van der Waals surface area contributed by atoms with Crippen LogP contribution in [0.1, 0.15) is 60.6 Å². The van der Waals surface area contributed by atoms with Gasteiger partial charge in [0.2, 0.25) is 0 Å². The molecular weight excluding hydrogens is 558 g/mol. The van der Waals surface area contributed by atoms with Crippen LogP contribution in [0, 0.1) is 6.92 Å². The topological polar surface area (TPSA) is 3.24 Å². The third-order valence-electron chi connectivity index (χ3n) is 7.88. The van der Waals surface area contributed by atoms with Gasteiger partial charge in [-0.15, -0.1) is 0 Å². The van der Waals surface area contributed by atoms with Crippen LogP contribution in [-0.4, -0.2) is 0 Å². The van der Waals surface area contributed by atoms with Crippen molar-refractivity contribution >= 4 is 48.9 Å². The second kappa shape index (κ2) is 9.59. The molecule has 35 heavy (non-hydrogen) atoms. The van der Waals surface area contributed by atoms with Gasteiger partial charge in [-0.3, -0.25) is 0 Å². The van der Waals surface area contributed by atoms with Crippen molar-refractivity contribution in [1.29, 1.82) is 0 Å². The Labute approximate surface area is 225 Å². The molecule has 0 saturated heterocycles. The number of nitrogens with zero attached hydrogens (tertiary/aromatic N) is 1. The summed E-state index contributed by atoms with van der Waals surface area (Å²) < 4.78 is 2.17. The molecule has 2 unspecified atom stereocenters. The zero-order valence-corrected chi connectivity index (χ0v) is 23.1. The first kappa shape index (κ1) is 23.1. The molecule has 7 rings (SSSR count). The number of benzene rings is 4. The van der Waals surface area contributed by atoms with E-state index in [1.807, 2.05) is 0 Å². The SMILES string of the molecule is Cc1cc(-c2ccc3c(c2)C2CCCC3CC2)ccc1N(c1ccc(Br)cc1)c1ccc(Br)cc1. The Kier molecular flexibility index (Phi) is 6.32. The van der Waals surface area contributed by atoms with Gasteiger partial charge in [0.05, 0.1) is 0 Å². The first-order chi connectivity index (χ1) is 17.1. The van der Waals surface area contributed by atoms with Gasteiger partial charge < -0.3 is 4.90 Å². The number of rotatable bonds is 4. The van der Waals surface area contributed by atoms with Crippen molar-refractivity contribution < 1.29 is 0 Å². The standard InChI is InChI=1S/C32H29Br2N/c1-21-19-24(25-7-17-30-22-3-2-4-23(6-5-22)31(30)20-25)8-18-32(21)35(28-13-9-26(33)10-14-28)29-15-11-27(34)12-16-29/h7-20,22-23H,2-6H2,1H3. The van der Waals surface area contributed by atoms with E-state index in [-0.39, 0.29) is 0 Å². The number of anilines is 3. The van der Waals surface area contributed by atoms with Gasteiger partial charge in [0.1, 0.15) is 0 Å². The third-order valence-corrected chi connectivity index (χ3v) is 8.93. The molecule has 3 heteroatoms. The van der Waals surface area contributed by atoms with Crippen molar-refractivity contribution in [3.8, 4) is 11.1 Å². The van der Waals surface area contributed by atoms with Gasteiger partial charge >= 0.3 is 0 Å². The average Bonchev–Trinajstić information content (AvgIpc) is 3.22. The van der Waals surface area contributed by atoms with Crippen LogP contribution in [0.3, 0.4) is 0 Å². The Morgan fingerprint density at radius 3 is 1.74 bits per heavy atom. The lowest BCUT2D eigenvalue weighted by molar-refractivity contribution is 0.527. The second-order valence-electron chi connectivity index (χ2n) is 10.0. The molecule has 4 aromatic rings.